The maximum atomic E-state index is 12.3. The lowest BCUT2D eigenvalue weighted by Gasteiger charge is -2.33. The summed E-state index contributed by atoms with van der Waals surface area (Å²) in [6.45, 7) is 3.86. The monoisotopic (exact) mass is 365 g/mol. The molecular formula is C16H30F3N5O. The number of rotatable bonds is 7. The van der Waals surface area contributed by atoms with Crippen LogP contribution in [0.15, 0.2) is 4.99 Å². The Balaban J connectivity index is 2.32. The molecule has 0 aromatic carbocycles. The van der Waals surface area contributed by atoms with Crippen LogP contribution in [0.4, 0.5) is 13.2 Å². The fraction of sp³-hybridized carbons (Fsp3) is 0.875. The van der Waals surface area contributed by atoms with Crippen LogP contribution in [0.5, 0.6) is 0 Å². The van der Waals surface area contributed by atoms with Gasteiger partial charge in [-0.25, -0.2) is 0 Å². The van der Waals surface area contributed by atoms with E-state index in [1.807, 2.05) is 0 Å². The quantitative estimate of drug-likeness (QED) is 0.529. The first-order valence-electron chi connectivity index (χ1n) is 8.75. The van der Waals surface area contributed by atoms with Gasteiger partial charge < -0.3 is 20.4 Å². The van der Waals surface area contributed by atoms with E-state index in [2.05, 4.69) is 27.4 Å². The third-order valence-corrected chi connectivity index (χ3v) is 4.23. The molecule has 1 aliphatic heterocycles. The first-order chi connectivity index (χ1) is 11.7. The molecule has 0 aromatic rings. The van der Waals surface area contributed by atoms with Crippen LogP contribution in [0.2, 0.25) is 0 Å². The van der Waals surface area contributed by atoms with Crippen LogP contribution < -0.4 is 10.6 Å². The van der Waals surface area contributed by atoms with Crippen molar-refractivity contribution in [2.45, 2.75) is 44.8 Å². The average Bonchev–Trinajstić information content (AvgIpc) is 2.55. The molecule has 1 aliphatic rings. The molecule has 0 spiro atoms. The van der Waals surface area contributed by atoms with Crippen molar-refractivity contribution in [2.24, 2.45) is 4.99 Å². The lowest BCUT2D eigenvalue weighted by molar-refractivity contribution is -0.157. The highest BCUT2D eigenvalue weighted by molar-refractivity contribution is 5.86. The standard InChI is InChI=1S/C16H30F3N5O/c1-4-5-8-24-9-6-13(7-10-24)22-15(20-2)21-11-14(25)23(3)12-16(17,18)19/h13H,4-12H2,1-3H3,(H2,20,21,22). The number of likely N-dealkylation sites (N-methyl/N-ethyl adjacent to an activating group) is 1. The number of nitrogens with one attached hydrogen (secondary N) is 2. The van der Waals surface area contributed by atoms with E-state index in [4.69, 9.17) is 0 Å². The number of hydrogen-bond donors (Lipinski definition) is 2. The number of carbonyl (C=O) groups is 1. The van der Waals surface area contributed by atoms with Gasteiger partial charge in [0.15, 0.2) is 5.96 Å². The largest absolute Gasteiger partial charge is 0.406 e. The van der Waals surface area contributed by atoms with E-state index in [-0.39, 0.29) is 12.6 Å². The van der Waals surface area contributed by atoms with Crippen molar-refractivity contribution in [3.63, 3.8) is 0 Å². The Morgan fingerprint density at radius 2 is 1.96 bits per heavy atom. The molecule has 0 saturated carbocycles. The van der Waals surface area contributed by atoms with Gasteiger partial charge in [-0.05, 0) is 25.8 Å². The van der Waals surface area contributed by atoms with Gasteiger partial charge in [0.25, 0.3) is 0 Å². The van der Waals surface area contributed by atoms with Crippen molar-refractivity contribution in [1.82, 2.24) is 20.4 Å². The molecule has 9 heteroatoms. The van der Waals surface area contributed by atoms with Gasteiger partial charge >= 0.3 is 6.18 Å². The van der Waals surface area contributed by atoms with E-state index in [1.54, 1.807) is 7.05 Å². The van der Waals surface area contributed by atoms with E-state index in [0.29, 0.717) is 10.9 Å². The van der Waals surface area contributed by atoms with Crippen molar-refractivity contribution in [3.05, 3.63) is 0 Å². The summed E-state index contributed by atoms with van der Waals surface area (Å²) >= 11 is 0. The van der Waals surface area contributed by atoms with Crippen LogP contribution in [0.3, 0.4) is 0 Å². The van der Waals surface area contributed by atoms with Gasteiger partial charge in [-0.2, -0.15) is 13.2 Å². The van der Waals surface area contributed by atoms with Gasteiger partial charge in [0.1, 0.15) is 6.54 Å². The fourth-order valence-corrected chi connectivity index (χ4v) is 2.72. The topological polar surface area (TPSA) is 60.0 Å². The molecule has 0 radical (unpaired) electrons. The molecule has 1 saturated heterocycles. The lowest BCUT2D eigenvalue weighted by atomic mass is 10.0. The molecule has 0 aliphatic carbocycles. The van der Waals surface area contributed by atoms with Gasteiger partial charge in [-0.3, -0.25) is 9.79 Å². The third kappa shape index (κ3) is 8.94. The average molecular weight is 365 g/mol. The maximum Gasteiger partial charge on any atom is 0.406 e. The molecule has 2 N–H and O–H groups in total. The van der Waals surface area contributed by atoms with E-state index in [0.717, 1.165) is 39.5 Å². The van der Waals surface area contributed by atoms with Gasteiger partial charge in [-0.1, -0.05) is 13.3 Å². The van der Waals surface area contributed by atoms with Crippen molar-refractivity contribution in [3.8, 4) is 0 Å². The first-order valence-corrected chi connectivity index (χ1v) is 8.75. The molecule has 1 heterocycles. The van der Waals surface area contributed by atoms with Crippen molar-refractivity contribution in [1.29, 1.82) is 0 Å². The van der Waals surface area contributed by atoms with Crippen molar-refractivity contribution in [2.75, 3.05) is 46.8 Å². The smallest absolute Gasteiger partial charge is 0.354 e. The molecule has 1 rings (SSSR count). The van der Waals surface area contributed by atoms with Gasteiger partial charge in [0, 0.05) is 33.2 Å². The molecule has 0 unspecified atom stereocenters. The molecule has 25 heavy (non-hydrogen) atoms. The Morgan fingerprint density at radius 3 is 2.48 bits per heavy atom. The minimum absolute atomic E-state index is 0.221. The Hall–Kier alpha value is -1.51. The van der Waals surface area contributed by atoms with Crippen LogP contribution in [0.1, 0.15) is 32.6 Å². The number of guanidine groups is 1. The fourth-order valence-electron chi connectivity index (χ4n) is 2.72. The molecule has 1 amide bonds. The number of alkyl halides is 3. The summed E-state index contributed by atoms with van der Waals surface area (Å²) in [5, 5.41) is 6.04. The Morgan fingerprint density at radius 1 is 1.32 bits per heavy atom. The van der Waals surface area contributed by atoms with E-state index in [9.17, 15) is 18.0 Å². The highest BCUT2D eigenvalue weighted by Crippen LogP contribution is 2.15. The molecule has 0 aromatic heterocycles. The number of nitrogens with zero attached hydrogens (tertiary/aromatic N) is 3. The minimum Gasteiger partial charge on any atom is -0.354 e. The number of aliphatic imine (C=N–C) groups is 1. The number of amides is 1. The summed E-state index contributed by atoms with van der Waals surface area (Å²) < 4.78 is 36.9. The van der Waals surface area contributed by atoms with E-state index >= 15 is 0 Å². The van der Waals surface area contributed by atoms with Crippen LogP contribution >= 0.6 is 0 Å². The summed E-state index contributed by atoms with van der Waals surface area (Å²) in [7, 11) is 2.72. The number of piperidine rings is 1. The van der Waals surface area contributed by atoms with Gasteiger partial charge in [0.05, 0.1) is 6.54 Å². The van der Waals surface area contributed by atoms with E-state index in [1.165, 1.54) is 12.8 Å². The van der Waals surface area contributed by atoms with Gasteiger partial charge in [0.2, 0.25) is 5.91 Å². The number of unbranched alkanes of at least 4 members (excludes halogenated alkanes) is 1. The highest BCUT2D eigenvalue weighted by Gasteiger charge is 2.31. The predicted octanol–water partition coefficient (Wildman–Crippen LogP) is 1.44. The number of likely N-dealkylation sites (tertiary alicyclic amines) is 1. The second-order valence-corrected chi connectivity index (χ2v) is 6.40. The zero-order valence-electron chi connectivity index (χ0n) is 15.3. The second kappa shape index (κ2) is 10.5. The van der Waals surface area contributed by atoms with Crippen LogP contribution in [0, 0.1) is 0 Å². The summed E-state index contributed by atoms with van der Waals surface area (Å²) in [4.78, 5) is 18.9. The SMILES string of the molecule is CCCCN1CCC(NC(=NC)NCC(=O)N(C)CC(F)(F)F)CC1. The molecule has 146 valence electrons. The van der Waals surface area contributed by atoms with Crippen LogP contribution in [-0.4, -0.2) is 80.7 Å². The molecular weight excluding hydrogens is 335 g/mol. The Bertz CT molecular complexity index is 434. The number of halogens is 3. The van der Waals surface area contributed by atoms with Crippen LogP contribution in [0.25, 0.3) is 0 Å². The molecule has 1 fully saturated rings. The lowest BCUT2D eigenvalue weighted by Crippen LogP contribution is -2.51. The molecule has 0 atom stereocenters. The number of carbonyl (C=O) groups excluding carboxylic acids is 1. The van der Waals surface area contributed by atoms with Gasteiger partial charge in [-0.15, -0.1) is 0 Å². The third-order valence-electron chi connectivity index (χ3n) is 4.23. The second-order valence-electron chi connectivity index (χ2n) is 6.40. The highest BCUT2D eigenvalue weighted by atomic mass is 19.4. The molecule has 0 bridgehead atoms. The first kappa shape index (κ1) is 21.5. The van der Waals surface area contributed by atoms with E-state index < -0.39 is 18.6 Å². The zero-order chi connectivity index (χ0) is 18.9. The minimum atomic E-state index is -4.39. The predicted molar refractivity (Wildman–Crippen MR) is 92.6 cm³/mol. The Kier molecular flexibility index (Phi) is 9.02. The normalized spacial score (nSPS) is 17.4. The van der Waals surface area contributed by atoms with Crippen molar-refractivity contribution < 1.29 is 18.0 Å². The van der Waals surface area contributed by atoms with Crippen molar-refractivity contribution >= 4 is 11.9 Å². The summed E-state index contributed by atoms with van der Waals surface area (Å²) in [5.41, 5.74) is 0. The van der Waals surface area contributed by atoms with Crippen LogP contribution in [-0.2, 0) is 4.79 Å². The summed E-state index contributed by atoms with van der Waals surface area (Å²) in [6.07, 6.45) is -0.0464. The Labute approximate surface area is 147 Å². The molecule has 6 nitrogen and oxygen atoms in total. The summed E-state index contributed by atoms with van der Waals surface area (Å²) in [5.74, 6) is -0.185. The zero-order valence-corrected chi connectivity index (χ0v) is 15.3. The summed E-state index contributed by atoms with van der Waals surface area (Å²) in [6, 6.07) is 0.257. The maximum absolute atomic E-state index is 12.3. The number of hydrogen-bond acceptors (Lipinski definition) is 3.